The lowest BCUT2D eigenvalue weighted by atomic mass is 10.1. The zero-order valence-electron chi connectivity index (χ0n) is 15.6. The normalized spacial score (nSPS) is 10.6. The molecule has 0 radical (unpaired) electrons. The molecule has 0 saturated carbocycles. The molecule has 0 fully saturated rings. The van der Waals surface area contributed by atoms with Crippen LogP contribution in [0.15, 0.2) is 72.8 Å². The minimum absolute atomic E-state index is 0.0788. The molecule has 0 spiro atoms. The average Bonchev–Trinajstić information content (AvgIpc) is 3.09. The fourth-order valence-corrected chi connectivity index (χ4v) is 3.03. The monoisotopic (exact) mass is 372 g/mol. The SMILES string of the molecule is COc1ccc(-c2n[nH]c(C)c2Oc2ccc(-c3ccccc3)cc2)c(O)c1. The van der Waals surface area contributed by atoms with Crippen molar-refractivity contribution < 1.29 is 14.6 Å². The fourth-order valence-electron chi connectivity index (χ4n) is 3.03. The Labute approximate surface area is 163 Å². The van der Waals surface area contributed by atoms with E-state index in [1.54, 1.807) is 25.3 Å². The van der Waals surface area contributed by atoms with E-state index in [2.05, 4.69) is 22.3 Å². The quantitative estimate of drug-likeness (QED) is 0.481. The summed E-state index contributed by atoms with van der Waals surface area (Å²) in [4.78, 5) is 0. The summed E-state index contributed by atoms with van der Waals surface area (Å²) in [5.41, 5.74) is 4.16. The van der Waals surface area contributed by atoms with Gasteiger partial charge in [0.15, 0.2) is 5.75 Å². The van der Waals surface area contributed by atoms with Crippen LogP contribution >= 0.6 is 0 Å². The van der Waals surface area contributed by atoms with Gasteiger partial charge in [0.2, 0.25) is 0 Å². The van der Waals surface area contributed by atoms with Crippen molar-refractivity contribution in [3.05, 3.63) is 78.5 Å². The molecule has 3 aromatic carbocycles. The van der Waals surface area contributed by atoms with E-state index in [0.717, 1.165) is 16.8 Å². The van der Waals surface area contributed by atoms with Gasteiger partial charge in [-0.3, -0.25) is 5.10 Å². The molecule has 5 nitrogen and oxygen atoms in total. The van der Waals surface area contributed by atoms with Crippen molar-refractivity contribution in [1.82, 2.24) is 10.2 Å². The Kier molecular flexibility index (Phi) is 4.72. The van der Waals surface area contributed by atoms with E-state index >= 15 is 0 Å². The van der Waals surface area contributed by atoms with Gasteiger partial charge in [-0.05, 0) is 42.3 Å². The molecule has 0 bridgehead atoms. The number of hydrogen-bond donors (Lipinski definition) is 2. The highest BCUT2D eigenvalue weighted by Gasteiger charge is 2.18. The van der Waals surface area contributed by atoms with Crippen molar-refractivity contribution in [2.24, 2.45) is 0 Å². The van der Waals surface area contributed by atoms with Gasteiger partial charge in [-0.15, -0.1) is 0 Å². The smallest absolute Gasteiger partial charge is 0.176 e. The molecular formula is C23H20N2O3. The second kappa shape index (κ2) is 7.48. The largest absolute Gasteiger partial charge is 0.507 e. The Morgan fingerprint density at radius 1 is 0.857 bits per heavy atom. The number of methoxy groups -OCH3 is 1. The minimum atomic E-state index is 0.0788. The molecule has 140 valence electrons. The van der Waals surface area contributed by atoms with E-state index in [0.29, 0.717) is 28.5 Å². The van der Waals surface area contributed by atoms with Gasteiger partial charge in [-0.2, -0.15) is 5.10 Å². The van der Waals surface area contributed by atoms with E-state index in [1.165, 1.54) is 0 Å². The van der Waals surface area contributed by atoms with Crippen molar-refractivity contribution in [3.63, 3.8) is 0 Å². The lowest BCUT2D eigenvalue weighted by Gasteiger charge is -2.10. The van der Waals surface area contributed by atoms with E-state index < -0.39 is 0 Å². The third kappa shape index (κ3) is 3.42. The van der Waals surface area contributed by atoms with Crippen LogP contribution in [0.5, 0.6) is 23.0 Å². The molecule has 0 saturated heterocycles. The highest BCUT2D eigenvalue weighted by atomic mass is 16.5. The molecule has 0 unspecified atom stereocenters. The molecule has 4 aromatic rings. The number of rotatable bonds is 5. The van der Waals surface area contributed by atoms with Crippen LogP contribution in [-0.2, 0) is 0 Å². The van der Waals surface area contributed by atoms with Crippen molar-refractivity contribution in [2.75, 3.05) is 7.11 Å². The highest BCUT2D eigenvalue weighted by Crippen LogP contribution is 2.39. The molecule has 4 rings (SSSR count). The first-order chi connectivity index (χ1) is 13.7. The van der Waals surface area contributed by atoms with Crippen LogP contribution in [-0.4, -0.2) is 22.4 Å². The Balaban J connectivity index is 1.63. The van der Waals surface area contributed by atoms with E-state index in [1.807, 2.05) is 49.4 Å². The predicted octanol–water partition coefficient (Wildman–Crippen LogP) is 5.56. The summed E-state index contributed by atoms with van der Waals surface area (Å²) >= 11 is 0. The van der Waals surface area contributed by atoms with Gasteiger partial charge in [0.05, 0.1) is 12.8 Å². The molecule has 2 N–H and O–H groups in total. The van der Waals surface area contributed by atoms with Gasteiger partial charge in [-0.25, -0.2) is 0 Å². The maximum Gasteiger partial charge on any atom is 0.176 e. The lowest BCUT2D eigenvalue weighted by Crippen LogP contribution is -1.89. The number of nitrogens with one attached hydrogen (secondary N) is 1. The summed E-state index contributed by atoms with van der Waals surface area (Å²) in [6.07, 6.45) is 0. The van der Waals surface area contributed by atoms with Crippen LogP contribution < -0.4 is 9.47 Å². The van der Waals surface area contributed by atoms with Crippen LogP contribution in [0, 0.1) is 6.92 Å². The topological polar surface area (TPSA) is 67.4 Å². The molecule has 0 amide bonds. The number of hydrogen-bond acceptors (Lipinski definition) is 4. The summed E-state index contributed by atoms with van der Waals surface area (Å²) in [6, 6.07) is 23.1. The number of H-pyrrole nitrogens is 1. The van der Waals surface area contributed by atoms with E-state index in [4.69, 9.17) is 9.47 Å². The van der Waals surface area contributed by atoms with Crippen molar-refractivity contribution in [1.29, 1.82) is 0 Å². The molecule has 0 aliphatic heterocycles. The molecule has 1 heterocycles. The van der Waals surface area contributed by atoms with Crippen LogP contribution in [0.25, 0.3) is 22.4 Å². The Morgan fingerprint density at radius 2 is 1.54 bits per heavy atom. The second-order valence-corrected chi connectivity index (χ2v) is 6.40. The Morgan fingerprint density at radius 3 is 2.21 bits per heavy atom. The molecule has 28 heavy (non-hydrogen) atoms. The summed E-state index contributed by atoms with van der Waals surface area (Å²) in [5.74, 6) is 1.92. The van der Waals surface area contributed by atoms with Gasteiger partial charge in [0.25, 0.3) is 0 Å². The number of phenols is 1. The van der Waals surface area contributed by atoms with Crippen molar-refractivity contribution in [3.8, 4) is 45.4 Å². The van der Waals surface area contributed by atoms with Crippen LogP contribution in [0.2, 0.25) is 0 Å². The van der Waals surface area contributed by atoms with Crippen molar-refractivity contribution >= 4 is 0 Å². The minimum Gasteiger partial charge on any atom is -0.507 e. The Hall–Kier alpha value is -3.73. The number of aromatic nitrogens is 2. The van der Waals surface area contributed by atoms with Gasteiger partial charge < -0.3 is 14.6 Å². The first-order valence-electron chi connectivity index (χ1n) is 8.91. The summed E-state index contributed by atoms with van der Waals surface area (Å²) < 4.78 is 11.2. The zero-order chi connectivity index (χ0) is 19.5. The maximum absolute atomic E-state index is 10.3. The molecule has 0 aliphatic carbocycles. The third-order valence-corrected chi connectivity index (χ3v) is 4.53. The lowest BCUT2D eigenvalue weighted by molar-refractivity contribution is 0.408. The summed E-state index contributed by atoms with van der Waals surface area (Å²) in [7, 11) is 1.56. The summed E-state index contributed by atoms with van der Waals surface area (Å²) in [5, 5.41) is 17.6. The molecule has 0 atom stereocenters. The number of aromatic hydroxyl groups is 1. The number of aromatic amines is 1. The number of ether oxygens (including phenoxy) is 2. The van der Waals surface area contributed by atoms with E-state index in [9.17, 15) is 5.11 Å². The number of phenolic OH excluding ortho intramolecular Hbond substituents is 1. The van der Waals surface area contributed by atoms with Crippen LogP contribution in [0.1, 0.15) is 5.69 Å². The number of benzene rings is 3. The second-order valence-electron chi connectivity index (χ2n) is 6.40. The van der Waals surface area contributed by atoms with Gasteiger partial charge in [-0.1, -0.05) is 42.5 Å². The van der Waals surface area contributed by atoms with Gasteiger partial charge >= 0.3 is 0 Å². The predicted molar refractivity (Wildman–Crippen MR) is 109 cm³/mol. The number of aryl methyl sites for hydroxylation is 1. The highest BCUT2D eigenvalue weighted by molar-refractivity contribution is 5.74. The van der Waals surface area contributed by atoms with Crippen LogP contribution in [0.3, 0.4) is 0 Å². The molecule has 0 aliphatic rings. The summed E-state index contributed by atoms with van der Waals surface area (Å²) in [6.45, 7) is 1.88. The van der Waals surface area contributed by atoms with Crippen LogP contribution in [0.4, 0.5) is 0 Å². The maximum atomic E-state index is 10.3. The first-order valence-corrected chi connectivity index (χ1v) is 8.91. The van der Waals surface area contributed by atoms with Gasteiger partial charge in [0, 0.05) is 11.6 Å². The zero-order valence-corrected chi connectivity index (χ0v) is 15.6. The van der Waals surface area contributed by atoms with Crippen molar-refractivity contribution in [2.45, 2.75) is 6.92 Å². The van der Waals surface area contributed by atoms with Gasteiger partial charge in [0.1, 0.15) is 22.9 Å². The molecular weight excluding hydrogens is 352 g/mol. The standard InChI is InChI=1S/C23H20N2O3/c1-15-23(22(25-24-15)20-13-12-19(27-2)14-21(20)26)28-18-10-8-17(9-11-18)16-6-4-3-5-7-16/h3-14,26H,1-2H3,(H,24,25). The number of nitrogens with zero attached hydrogens (tertiary/aromatic N) is 1. The Bertz CT molecular complexity index is 1090. The molecule has 1 aromatic heterocycles. The fraction of sp³-hybridized carbons (Fsp3) is 0.0870. The molecule has 5 heteroatoms. The first kappa shape index (κ1) is 17.7. The van der Waals surface area contributed by atoms with E-state index in [-0.39, 0.29) is 5.75 Å². The third-order valence-electron chi connectivity index (χ3n) is 4.53. The average molecular weight is 372 g/mol.